The summed E-state index contributed by atoms with van der Waals surface area (Å²) in [6.45, 7) is 3.97. The van der Waals surface area contributed by atoms with Crippen molar-refractivity contribution in [1.82, 2.24) is 0 Å². The fraction of sp³-hybridized carbons (Fsp3) is 0.190. The number of carboxylic acids is 1. The molecule has 0 saturated heterocycles. The first-order valence-corrected chi connectivity index (χ1v) is 8.21. The van der Waals surface area contributed by atoms with Gasteiger partial charge < -0.3 is 20.3 Å². The standard InChI is InChI=1S/C21H23NO4/c1-14(2)7-12-17-18(5-4-6-20(17)23)22-19(13-21(24)25)15-8-10-16(26-3)11-9-15/h4-11,13,22-23H,12H2,1-3H3,(H,24,25)/b19-13+. The highest BCUT2D eigenvalue weighted by Gasteiger charge is 2.11. The van der Waals surface area contributed by atoms with Crippen LogP contribution in [0.2, 0.25) is 0 Å². The maximum Gasteiger partial charge on any atom is 0.330 e. The minimum absolute atomic E-state index is 0.164. The lowest BCUT2D eigenvalue weighted by Crippen LogP contribution is -2.05. The number of allylic oxidation sites excluding steroid dienone is 2. The molecule has 2 aromatic carbocycles. The van der Waals surface area contributed by atoms with Crippen molar-refractivity contribution in [1.29, 1.82) is 0 Å². The van der Waals surface area contributed by atoms with Crippen LogP contribution in [0.1, 0.15) is 25.0 Å². The zero-order valence-corrected chi connectivity index (χ0v) is 15.1. The molecule has 0 aromatic heterocycles. The van der Waals surface area contributed by atoms with E-state index < -0.39 is 5.97 Å². The maximum absolute atomic E-state index is 11.3. The number of carbonyl (C=O) groups is 1. The Labute approximate surface area is 153 Å². The van der Waals surface area contributed by atoms with Crippen molar-refractivity contribution in [2.24, 2.45) is 0 Å². The number of methoxy groups -OCH3 is 1. The summed E-state index contributed by atoms with van der Waals surface area (Å²) in [5.74, 6) is -0.212. The summed E-state index contributed by atoms with van der Waals surface area (Å²) in [5, 5.41) is 22.6. The van der Waals surface area contributed by atoms with Gasteiger partial charge in [0, 0.05) is 17.3 Å². The summed E-state index contributed by atoms with van der Waals surface area (Å²) in [5.41, 5.74) is 3.62. The van der Waals surface area contributed by atoms with Crippen LogP contribution < -0.4 is 10.1 Å². The zero-order valence-electron chi connectivity index (χ0n) is 15.1. The van der Waals surface area contributed by atoms with Gasteiger partial charge in [-0.3, -0.25) is 0 Å². The first kappa shape index (κ1) is 19.1. The van der Waals surface area contributed by atoms with Crippen LogP contribution in [0.4, 0.5) is 5.69 Å². The van der Waals surface area contributed by atoms with E-state index in [1.807, 2.05) is 26.0 Å². The third-order valence-electron chi connectivity index (χ3n) is 3.80. The van der Waals surface area contributed by atoms with Crippen molar-refractivity contribution in [3.8, 4) is 11.5 Å². The smallest absolute Gasteiger partial charge is 0.330 e. The van der Waals surface area contributed by atoms with Gasteiger partial charge in [0.15, 0.2) is 0 Å². The molecule has 0 aliphatic rings. The lowest BCUT2D eigenvalue weighted by Gasteiger charge is -2.16. The average molecular weight is 353 g/mol. The van der Waals surface area contributed by atoms with Gasteiger partial charge in [0.1, 0.15) is 11.5 Å². The van der Waals surface area contributed by atoms with E-state index >= 15 is 0 Å². The van der Waals surface area contributed by atoms with Crippen molar-refractivity contribution in [2.75, 3.05) is 12.4 Å². The number of phenolic OH excluding ortho intramolecular Hbond substituents is 1. The monoisotopic (exact) mass is 353 g/mol. The van der Waals surface area contributed by atoms with Crippen molar-refractivity contribution >= 4 is 17.4 Å². The number of nitrogens with one attached hydrogen (secondary N) is 1. The Balaban J connectivity index is 2.41. The Bertz CT molecular complexity index is 832. The van der Waals surface area contributed by atoms with E-state index in [0.29, 0.717) is 34.7 Å². The molecule has 0 radical (unpaired) electrons. The summed E-state index contributed by atoms with van der Waals surface area (Å²) < 4.78 is 5.14. The van der Waals surface area contributed by atoms with E-state index in [2.05, 4.69) is 5.32 Å². The highest BCUT2D eigenvalue weighted by Crippen LogP contribution is 2.30. The molecule has 2 aromatic rings. The number of benzene rings is 2. The van der Waals surface area contributed by atoms with Crippen LogP contribution in [-0.4, -0.2) is 23.3 Å². The van der Waals surface area contributed by atoms with Gasteiger partial charge in [0.2, 0.25) is 0 Å². The molecule has 136 valence electrons. The number of anilines is 1. The number of rotatable bonds is 7. The molecule has 0 fully saturated rings. The molecule has 0 heterocycles. The Morgan fingerprint density at radius 2 is 1.85 bits per heavy atom. The van der Waals surface area contributed by atoms with Crippen molar-refractivity contribution in [3.05, 3.63) is 71.3 Å². The van der Waals surface area contributed by atoms with Crippen LogP contribution in [0.3, 0.4) is 0 Å². The molecule has 5 heteroatoms. The second kappa shape index (κ2) is 8.76. The molecular weight excluding hydrogens is 330 g/mol. The van der Waals surface area contributed by atoms with E-state index in [0.717, 1.165) is 11.6 Å². The van der Waals surface area contributed by atoms with Gasteiger partial charge >= 0.3 is 5.97 Å². The van der Waals surface area contributed by atoms with Gasteiger partial charge in [0.05, 0.1) is 12.8 Å². The second-order valence-electron chi connectivity index (χ2n) is 6.04. The first-order valence-electron chi connectivity index (χ1n) is 8.21. The summed E-state index contributed by atoms with van der Waals surface area (Å²) in [6, 6.07) is 12.2. The largest absolute Gasteiger partial charge is 0.508 e. The summed E-state index contributed by atoms with van der Waals surface area (Å²) >= 11 is 0. The first-order chi connectivity index (χ1) is 12.4. The second-order valence-corrected chi connectivity index (χ2v) is 6.04. The zero-order chi connectivity index (χ0) is 19.1. The van der Waals surface area contributed by atoms with Crippen LogP contribution in [0.15, 0.2) is 60.2 Å². The van der Waals surface area contributed by atoms with Gasteiger partial charge in [-0.2, -0.15) is 0 Å². The molecule has 0 unspecified atom stereocenters. The summed E-state index contributed by atoms with van der Waals surface area (Å²) in [6.07, 6.45) is 3.66. The number of hydrogen-bond acceptors (Lipinski definition) is 4. The van der Waals surface area contributed by atoms with E-state index in [9.17, 15) is 15.0 Å². The molecule has 0 atom stereocenters. The molecule has 0 saturated carbocycles. The Morgan fingerprint density at radius 1 is 1.15 bits per heavy atom. The predicted octanol–water partition coefficient (Wildman–Crippen LogP) is 4.45. The fourth-order valence-electron chi connectivity index (χ4n) is 2.44. The van der Waals surface area contributed by atoms with Gasteiger partial charge in [0.25, 0.3) is 0 Å². The van der Waals surface area contributed by atoms with E-state index in [-0.39, 0.29) is 5.75 Å². The molecule has 0 spiro atoms. The van der Waals surface area contributed by atoms with Crippen molar-refractivity contribution in [2.45, 2.75) is 20.3 Å². The third kappa shape index (κ3) is 5.14. The van der Waals surface area contributed by atoms with Crippen LogP contribution in [0.5, 0.6) is 11.5 Å². The number of aliphatic carboxylic acids is 1. The number of phenols is 1. The molecule has 5 nitrogen and oxygen atoms in total. The van der Waals surface area contributed by atoms with E-state index in [1.165, 1.54) is 0 Å². The lowest BCUT2D eigenvalue weighted by atomic mass is 10.0. The summed E-state index contributed by atoms with van der Waals surface area (Å²) in [4.78, 5) is 11.3. The minimum Gasteiger partial charge on any atom is -0.508 e. The topological polar surface area (TPSA) is 78.8 Å². The number of aromatic hydroxyl groups is 1. The van der Waals surface area contributed by atoms with Gasteiger partial charge in [-0.1, -0.05) is 17.7 Å². The molecule has 0 aliphatic heterocycles. The van der Waals surface area contributed by atoms with Crippen molar-refractivity contribution in [3.63, 3.8) is 0 Å². The lowest BCUT2D eigenvalue weighted by molar-refractivity contribution is -0.131. The van der Waals surface area contributed by atoms with Crippen molar-refractivity contribution < 1.29 is 19.7 Å². The molecular formula is C21H23NO4. The normalized spacial score (nSPS) is 11.0. The average Bonchev–Trinajstić information content (AvgIpc) is 2.60. The van der Waals surface area contributed by atoms with Crippen LogP contribution >= 0.6 is 0 Å². The van der Waals surface area contributed by atoms with E-state index in [1.54, 1.807) is 43.5 Å². The molecule has 3 N–H and O–H groups in total. The summed E-state index contributed by atoms with van der Waals surface area (Å²) in [7, 11) is 1.57. The minimum atomic E-state index is -1.06. The predicted molar refractivity (Wildman–Crippen MR) is 103 cm³/mol. The Kier molecular flexibility index (Phi) is 6.44. The molecule has 0 aliphatic carbocycles. The molecule has 0 amide bonds. The molecule has 0 bridgehead atoms. The number of hydrogen-bond donors (Lipinski definition) is 3. The third-order valence-corrected chi connectivity index (χ3v) is 3.80. The molecule has 2 rings (SSSR count). The van der Waals surface area contributed by atoms with Crippen LogP contribution in [0.25, 0.3) is 5.70 Å². The Hall–Kier alpha value is -3.21. The number of ether oxygens (including phenoxy) is 1. The van der Waals surface area contributed by atoms with Crippen LogP contribution in [0, 0.1) is 0 Å². The van der Waals surface area contributed by atoms with Gasteiger partial charge in [-0.15, -0.1) is 0 Å². The molecule has 26 heavy (non-hydrogen) atoms. The van der Waals surface area contributed by atoms with Gasteiger partial charge in [-0.25, -0.2) is 4.79 Å². The Morgan fingerprint density at radius 3 is 2.42 bits per heavy atom. The highest BCUT2D eigenvalue weighted by atomic mass is 16.5. The maximum atomic E-state index is 11.3. The SMILES string of the molecule is COc1ccc(/C(=C\C(=O)O)Nc2cccc(O)c2CC=C(C)C)cc1. The highest BCUT2D eigenvalue weighted by molar-refractivity contribution is 5.93. The number of carboxylic acid groups (broad SMARTS) is 1. The fourth-order valence-corrected chi connectivity index (χ4v) is 2.44. The van der Waals surface area contributed by atoms with E-state index in [4.69, 9.17) is 4.74 Å². The van der Waals surface area contributed by atoms with Gasteiger partial charge in [-0.05, 0) is 62.2 Å². The van der Waals surface area contributed by atoms with Crippen LogP contribution in [-0.2, 0) is 11.2 Å². The quantitative estimate of drug-likeness (QED) is 0.506.